The van der Waals surface area contributed by atoms with E-state index in [0.717, 1.165) is 11.5 Å². The maximum absolute atomic E-state index is 12.1. The second-order valence-corrected chi connectivity index (χ2v) is 7.57. The first-order valence-electron chi connectivity index (χ1n) is 11.2. The molecule has 0 aromatic heterocycles. The number of rotatable bonds is 10. The lowest BCUT2D eigenvalue weighted by Gasteiger charge is -2.08. The molecule has 0 amide bonds. The highest BCUT2D eigenvalue weighted by Gasteiger charge is 2.10. The van der Waals surface area contributed by atoms with E-state index in [0.29, 0.717) is 29.4 Å². The number of para-hydroxylation sites is 2. The average Bonchev–Trinajstić information content (AvgIpc) is 2.88. The van der Waals surface area contributed by atoms with Crippen molar-refractivity contribution in [1.29, 1.82) is 0 Å². The van der Waals surface area contributed by atoms with Crippen LogP contribution in [0.2, 0.25) is 0 Å². The summed E-state index contributed by atoms with van der Waals surface area (Å²) in [4.78, 5) is 24.2. The second kappa shape index (κ2) is 12.0. The highest BCUT2D eigenvalue weighted by molar-refractivity contribution is 5.75. The summed E-state index contributed by atoms with van der Waals surface area (Å²) in [7, 11) is 0. The van der Waals surface area contributed by atoms with Crippen molar-refractivity contribution in [2.24, 2.45) is 0 Å². The van der Waals surface area contributed by atoms with Crippen LogP contribution in [-0.2, 0) is 9.59 Å². The average molecular weight is 469 g/mol. The Hall–Kier alpha value is -4.58. The van der Waals surface area contributed by atoms with Crippen molar-refractivity contribution < 1.29 is 28.5 Å². The van der Waals surface area contributed by atoms with E-state index in [2.05, 4.69) is 0 Å². The van der Waals surface area contributed by atoms with E-state index < -0.39 is 11.9 Å². The summed E-state index contributed by atoms with van der Waals surface area (Å²) in [6.07, 6.45) is 0.518. The van der Waals surface area contributed by atoms with Crippen molar-refractivity contribution in [3.8, 4) is 34.5 Å². The third kappa shape index (κ3) is 7.75. The summed E-state index contributed by atoms with van der Waals surface area (Å²) in [5, 5.41) is 0. The number of ether oxygens (including phenoxy) is 4. The first-order valence-corrected chi connectivity index (χ1v) is 11.2. The smallest absolute Gasteiger partial charge is 0.311 e. The van der Waals surface area contributed by atoms with Gasteiger partial charge < -0.3 is 18.9 Å². The highest BCUT2D eigenvalue weighted by atomic mass is 16.5. The highest BCUT2D eigenvalue weighted by Crippen LogP contribution is 2.25. The molecule has 0 saturated heterocycles. The van der Waals surface area contributed by atoms with Crippen LogP contribution in [0.15, 0.2) is 109 Å². The van der Waals surface area contributed by atoms with Crippen LogP contribution in [0.3, 0.4) is 0 Å². The molecule has 35 heavy (non-hydrogen) atoms. The first kappa shape index (κ1) is 23.6. The van der Waals surface area contributed by atoms with Crippen LogP contribution in [0.25, 0.3) is 0 Å². The fourth-order valence-electron chi connectivity index (χ4n) is 3.14. The molecule has 0 aliphatic rings. The molecule has 4 aromatic carbocycles. The number of hydrogen-bond acceptors (Lipinski definition) is 6. The van der Waals surface area contributed by atoms with Crippen LogP contribution in [-0.4, -0.2) is 11.9 Å². The van der Waals surface area contributed by atoms with Gasteiger partial charge in [0.2, 0.25) is 0 Å². The molecular formula is C29H24O6. The van der Waals surface area contributed by atoms with E-state index in [1.54, 1.807) is 48.5 Å². The largest absolute Gasteiger partial charge is 0.457 e. The second-order valence-electron chi connectivity index (χ2n) is 7.57. The molecule has 176 valence electrons. The molecule has 0 atom stereocenters. The van der Waals surface area contributed by atoms with E-state index in [1.165, 1.54) is 0 Å². The van der Waals surface area contributed by atoms with Gasteiger partial charge in [-0.25, -0.2) is 0 Å². The van der Waals surface area contributed by atoms with Crippen molar-refractivity contribution in [3.63, 3.8) is 0 Å². The summed E-state index contributed by atoms with van der Waals surface area (Å²) in [6.45, 7) is 0. The third-order valence-corrected chi connectivity index (χ3v) is 4.83. The summed E-state index contributed by atoms with van der Waals surface area (Å²) in [5.74, 6) is 2.71. The van der Waals surface area contributed by atoms with E-state index in [4.69, 9.17) is 18.9 Å². The van der Waals surface area contributed by atoms with Crippen LogP contribution in [0.5, 0.6) is 34.5 Å². The van der Waals surface area contributed by atoms with Gasteiger partial charge in [0.25, 0.3) is 0 Å². The Morgan fingerprint density at radius 2 is 0.743 bits per heavy atom. The summed E-state index contributed by atoms with van der Waals surface area (Å²) in [6, 6.07) is 32.3. The lowest BCUT2D eigenvalue weighted by Crippen LogP contribution is -2.11. The fraction of sp³-hybridized carbons (Fsp3) is 0.103. The molecule has 0 heterocycles. The Bertz CT molecular complexity index is 1120. The van der Waals surface area contributed by atoms with Crippen LogP contribution >= 0.6 is 0 Å². The Morgan fingerprint density at radius 1 is 0.429 bits per heavy atom. The molecular weight excluding hydrogens is 444 g/mol. The zero-order chi connectivity index (χ0) is 24.3. The van der Waals surface area contributed by atoms with E-state index in [-0.39, 0.29) is 12.8 Å². The van der Waals surface area contributed by atoms with Gasteiger partial charge in [-0.05, 0) is 79.2 Å². The van der Waals surface area contributed by atoms with Crippen molar-refractivity contribution in [2.45, 2.75) is 19.3 Å². The zero-order valence-corrected chi connectivity index (χ0v) is 19.0. The topological polar surface area (TPSA) is 71.1 Å². The molecule has 0 radical (unpaired) electrons. The molecule has 4 aromatic rings. The van der Waals surface area contributed by atoms with E-state index in [9.17, 15) is 9.59 Å². The quantitative estimate of drug-likeness (QED) is 0.185. The molecule has 0 spiro atoms. The van der Waals surface area contributed by atoms with Crippen LogP contribution < -0.4 is 18.9 Å². The Morgan fingerprint density at radius 3 is 1.11 bits per heavy atom. The number of hydrogen-bond donors (Lipinski definition) is 0. The molecule has 6 nitrogen and oxygen atoms in total. The lowest BCUT2D eigenvalue weighted by atomic mass is 10.2. The van der Waals surface area contributed by atoms with Gasteiger partial charge in [0.15, 0.2) is 0 Å². The summed E-state index contributed by atoms with van der Waals surface area (Å²) < 4.78 is 22.1. The molecule has 0 saturated carbocycles. The zero-order valence-electron chi connectivity index (χ0n) is 19.0. The number of carbonyl (C=O) groups is 2. The lowest BCUT2D eigenvalue weighted by molar-refractivity contribution is -0.136. The molecule has 0 unspecified atom stereocenters. The Labute approximate surface area is 203 Å². The minimum Gasteiger partial charge on any atom is -0.457 e. The summed E-state index contributed by atoms with van der Waals surface area (Å²) >= 11 is 0. The molecule has 0 aliphatic carbocycles. The molecule has 4 rings (SSSR count). The standard InChI is InChI=1S/C29H24O6/c30-28(34-26-18-14-24(15-19-26)32-22-8-3-1-4-9-22)12-7-13-29(31)35-27-20-16-25(17-21-27)33-23-10-5-2-6-11-23/h1-6,8-11,14-21H,7,12-13H2. The van der Waals surface area contributed by atoms with Crippen molar-refractivity contribution in [3.05, 3.63) is 109 Å². The van der Waals surface area contributed by atoms with Crippen molar-refractivity contribution in [1.82, 2.24) is 0 Å². The summed E-state index contributed by atoms with van der Waals surface area (Å²) in [5.41, 5.74) is 0. The molecule has 0 bridgehead atoms. The van der Waals surface area contributed by atoms with Gasteiger partial charge in [0.05, 0.1) is 0 Å². The molecule has 0 N–H and O–H groups in total. The minimum atomic E-state index is -0.419. The van der Waals surface area contributed by atoms with Gasteiger partial charge in [0, 0.05) is 12.8 Å². The predicted octanol–water partition coefficient (Wildman–Crippen LogP) is 6.95. The van der Waals surface area contributed by atoms with Gasteiger partial charge in [-0.2, -0.15) is 0 Å². The van der Waals surface area contributed by atoms with Gasteiger partial charge in [-0.1, -0.05) is 36.4 Å². The van der Waals surface area contributed by atoms with Crippen molar-refractivity contribution in [2.75, 3.05) is 0 Å². The van der Waals surface area contributed by atoms with E-state index >= 15 is 0 Å². The maximum Gasteiger partial charge on any atom is 0.311 e. The molecule has 0 fully saturated rings. The maximum atomic E-state index is 12.1. The Kier molecular flexibility index (Phi) is 8.11. The van der Waals surface area contributed by atoms with Crippen LogP contribution in [0.4, 0.5) is 0 Å². The van der Waals surface area contributed by atoms with Gasteiger partial charge in [-0.3, -0.25) is 9.59 Å². The van der Waals surface area contributed by atoms with Gasteiger partial charge in [-0.15, -0.1) is 0 Å². The number of carbonyl (C=O) groups excluding carboxylic acids is 2. The van der Waals surface area contributed by atoms with Crippen LogP contribution in [0, 0.1) is 0 Å². The van der Waals surface area contributed by atoms with Crippen LogP contribution in [0.1, 0.15) is 19.3 Å². The predicted molar refractivity (Wildman–Crippen MR) is 131 cm³/mol. The SMILES string of the molecule is O=C(CCCC(=O)Oc1ccc(Oc2ccccc2)cc1)Oc1ccc(Oc2ccccc2)cc1. The third-order valence-electron chi connectivity index (χ3n) is 4.83. The number of esters is 2. The van der Waals surface area contributed by atoms with Gasteiger partial charge >= 0.3 is 11.9 Å². The molecule has 6 heteroatoms. The fourth-order valence-corrected chi connectivity index (χ4v) is 3.14. The number of benzene rings is 4. The monoisotopic (exact) mass is 468 g/mol. The van der Waals surface area contributed by atoms with Gasteiger partial charge in [0.1, 0.15) is 34.5 Å². The van der Waals surface area contributed by atoms with E-state index in [1.807, 2.05) is 60.7 Å². The molecule has 0 aliphatic heterocycles. The minimum absolute atomic E-state index is 0.0984. The first-order chi connectivity index (χ1) is 17.1. The Balaban J connectivity index is 1.16. The van der Waals surface area contributed by atoms with Crippen molar-refractivity contribution >= 4 is 11.9 Å². The normalized spacial score (nSPS) is 10.3.